The van der Waals surface area contributed by atoms with Crippen molar-refractivity contribution in [3.63, 3.8) is 0 Å². The Hall–Kier alpha value is -5.28. The van der Waals surface area contributed by atoms with Crippen molar-refractivity contribution in [1.29, 1.82) is 0 Å². The van der Waals surface area contributed by atoms with Crippen molar-refractivity contribution in [2.24, 2.45) is 5.10 Å². The summed E-state index contributed by atoms with van der Waals surface area (Å²) < 4.78 is 30.3. The first-order valence-corrected chi connectivity index (χ1v) is 15.8. The number of carbonyl (C=O) groups is 1. The monoisotopic (exact) mass is 694 g/mol. The summed E-state index contributed by atoms with van der Waals surface area (Å²) >= 11 is 3.51. The van der Waals surface area contributed by atoms with Crippen LogP contribution in [-0.4, -0.2) is 25.8 Å². The summed E-state index contributed by atoms with van der Waals surface area (Å²) in [7, 11) is 1.53. The summed E-state index contributed by atoms with van der Waals surface area (Å²) in [6.45, 7) is 3.54. The fourth-order valence-electron chi connectivity index (χ4n) is 4.57. The van der Waals surface area contributed by atoms with Gasteiger partial charge in [0.25, 0.3) is 5.91 Å². The molecule has 5 aromatic carbocycles. The molecule has 0 bridgehead atoms. The van der Waals surface area contributed by atoms with E-state index < -0.39 is 5.91 Å². The lowest BCUT2D eigenvalue weighted by Gasteiger charge is -2.15. The third-order valence-electron chi connectivity index (χ3n) is 6.94. The third kappa shape index (κ3) is 9.61. The molecule has 0 aliphatic carbocycles. The van der Waals surface area contributed by atoms with E-state index in [1.165, 1.54) is 7.11 Å². The van der Waals surface area contributed by atoms with Crippen molar-refractivity contribution in [2.45, 2.75) is 26.7 Å². The van der Waals surface area contributed by atoms with Crippen molar-refractivity contribution in [3.05, 3.63) is 148 Å². The Morgan fingerprint density at radius 2 is 1.26 bits per heavy atom. The Bertz CT molecular complexity index is 1800. The number of nitrogens with one attached hydrogen (secondary N) is 1. The van der Waals surface area contributed by atoms with Crippen molar-refractivity contribution < 1.29 is 28.5 Å². The number of benzene rings is 5. The van der Waals surface area contributed by atoms with E-state index in [2.05, 4.69) is 26.5 Å². The lowest BCUT2D eigenvalue weighted by molar-refractivity contribution is 0.0954. The van der Waals surface area contributed by atoms with Gasteiger partial charge in [0.2, 0.25) is 0 Å². The quantitative estimate of drug-likeness (QED) is 0.0876. The van der Waals surface area contributed by atoms with Gasteiger partial charge in [-0.1, -0.05) is 82.7 Å². The van der Waals surface area contributed by atoms with Crippen molar-refractivity contribution in [1.82, 2.24) is 5.43 Å². The van der Waals surface area contributed by atoms with E-state index >= 15 is 0 Å². The van der Waals surface area contributed by atoms with Gasteiger partial charge in [0, 0.05) is 15.6 Å². The summed E-state index contributed by atoms with van der Waals surface area (Å²) in [5, 5.41) is 4.19. The largest absolute Gasteiger partial charge is 0.493 e. The molecule has 0 unspecified atom stereocenters. The number of rotatable bonds is 15. The van der Waals surface area contributed by atoms with Crippen LogP contribution in [0.4, 0.5) is 0 Å². The lowest BCUT2D eigenvalue weighted by Crippen LogP contribution is -2.17. The second-order valence-electron chi connectivity index (χ2n) is 10.3. The van der Waals surface area contributed by atoms with Crippen LogP contribution in [0.3, 0.4) is 0 Å². The van der Waals surface area contributed by atoms with Crippen LogP contribution in [0.25, 0.3) is 0 Å². The molecule has 8 nitrogen and oxygen atoms in total. The van der Waals surface area contributed by atoms with E-state index in [-0.39, 0.29) is 6.61 Å². The maximum Gasteiger partial charge on any atom is 0.271 e. The molecule has 0 heterocycles. The molecule has 5 rings (SSSR count). The number of carbonyl (C=O) groups excluding carboxylic acids is 1. The minimum absolute atomic E-state index is 0.284. The van der Waals surface area contributed by atoms with Gasteiger partial charge in [0.15, 0.2) is 23.0 Å². The van der Waals surface area contributed by atoms with Gasteiger partial charge < -0.3 is 23.7 Å². The van der Waals surface area contributed by atoms with Gasteiger partial charge >= 0.3 is 0 Å². The van der Waals surface area contributed by atoms with Crippen LogP contribution in [0.1, 0.15) is 39.5 Å². The SMILES string of the molecule is CCOc1cc(COc2ccc(Br)cc2/C=N/NC(=O)c2ccc(OCc3ccccc3)c(OC)c2)ccc1OCc1ccccc1. The van der Waals surface area contributed by atoms with Crippen LogP contribution in [0.15, 0.2) is 125 Å². The molecule has 9 heteroatoms. The fourth-order valence-corrected chi connectivity index (χ4v) is 4.95. The van der Waals surface area contributed by atoms with E-state index in [1.807, 2.05) is 104 Å². The smallest absolute Gasteiger partial charge is 0.271 e. The Morgan fingerprint density at radius 3 is 1.91 bits per heavy atom. The van der Waals surface area contributed by atoms with Gasteiger partial charge in [-0.15, -0.1) is 0 Å². The van der Waals surface area contributed by atoms with Gasteiger partial charge in [-0.05, 0) is 72.1 Å². The molecule has 0 saturated carbocycles. The minimum atomic E-state index is -0.398. The standard InChI is InChI=1S/C38H35BrN2O6/c1-3-44-37-20-29(14-17-35(37)47-25-28-12-8-5-9-13-28)26-45-33-19-16-32(39)21-31(33)23-40-41-38(42)30-15-18-34(36(22-30)43-2)46-24-27-10-6-4-7-11-27/h4-23H,3,24-26H2,1-2H3,(H,41,42)/b40-23+. The highest BCUT2D eigenvalue weighted by Crippen LogP contribution is 2.31. The molecule has 0 aliphatic rings. The van der Waals surface area contributed by atoms with Crippen molar-refractivity contribution in [2.75, 3.05) is 13.7 Å². The molecule has 240 valence electrons. The number of nitrogens with zero attached hydrogens (tertiary/aromatic N) is 1. The summed E-state index contributed by atoms with van der Waals surface area (Å²) in [6.07, 6.45) is 1.54. The predicted molar refractivity (Wildman–Crippen MR) is 186 cm³/mol. The molecule has 1 amide bonds. The molecule has 5 aromatic rings. The van der Waals surface area contributed by atoms with Crippen molar-refractivity contribution >= 4 is 28.1 Å². The zero-order valence-electron chi connectivity index (χ0n) is 26.2. The van der Waals surface area contributed by atoms with E-state index in [0.29, 0.717) is 59.7 Å². The van der Waals surface area contributed by atoms with E-state index in [9.17, 15) is 4.79 Å². The van der Waals surface area contributed by atoms with E-state index in [0.717, 1.165) is 21.2 Å². The molecular formula is C38H35BrN2O6. The Labute approximate surface area is 283 Å². The Morgan fingerprint density at radius 1 is 0.660 bits per heavy atom. The number of ether oxygens (including phenoxy) is 5. The van der Waals surface area contributed by atoms with Crippen LogP contribution in [-0.2, 0) is 19.8 Å². The number of hydrazone groups is 1. The second-order valence-corrected chi connectivity index (χ2v) is 11.2. The number of halogens is 1. The average molecular weight is 696 g/mol. The molecular weight excluding hydrogens is 660 g/mol. The number of methoxy groups -OCH3 is 1. The molecule has 47 heavy (non-hydrogen) atoms. The topological polar surface area (TPSA) is 87.6 Å². The maximum atomic E-state index is 12.9. The molecule has 0 aromatic heterocycles. The third-order valence-corrected chi connectivity index (χ3v) is 7.44. The molecule has 0 spiro atoms. The zero-order chi connectivity index (χ0) is 32.8. The minimum Gasteiger partial charge on any atom is -0.493 e. The predicted octanol–water partition coefficient (Wildman–Crippen LogP) is 8.36. The van der Waals surface area contributed by atoms with E-state index in [1.54, 1.807) is 24.4 Å². The van der Waals surface area contributed by atoms with E-state index in [4.69, 9.17) is 23.7 Å². The number of hydrogen-bond acceptors (Lipinski definition) is 7. The zero-order valence-corrected chi connectivity index (χ0v) is 27.7. The molecule has 0 fully saturated rings. The van der Waals surface area contributed by atoms with Gasteiger partial charge in [0.05, 0.1) is 19.9 Å². The summed E-state index contributed by atoms with van der Waals surface area (Å²) in [6, 6.07) is 36.1. The van der Waals surface area contributed by atoms with Gasteiger partial charge in [-0.2, -0.15) is 5.10 Å². The van der Waals surface area contributed by atoms with Crippen LogP contribution < -0.4 is 29.1 Å². The second kappa shape index (κ2) is 16.9. The molecule has 1 N–H and O–H groups in total. The summed E-state index contributed by atoms with van der Waals surface area (Å²) in [5.74, 6) is 2.49. The summed E-state index contributed by atoms with van der Waals surface area (Å²) in [4.78, 5) is 12.9. The first-order valence-electron chi connectivity index (χ1n) is 15.1. The van der Waals surface area contributed by atoms with Crippen LogP contribution in [0.5, 0.6) is 28.7 Å². The first-order chi connectivity index (χ1) is 23.0. The highest BCUT2D eigenvalue weighted by atomic mass is 79.9. The highest BCUT2D eigenvalue weighted by molar-refractivity contribution is 9.10. The average Bonchev–Trinajstić information content (AvgIpc) is 3.11. The van der Waals surface area contributed by atoms with Crippen LogP contribution in [0.2, 0.25) is 0 Å². The highest BCUT2D eigenvalue weighted by Gasteiger charge is 2.12. The normalized spacial score (nSPS) is 10.8. The first kappa shape index (κ1) is 33.1. The summed E-state index contributed by atoms with van der Waals surface area (Å²) in [5.41, 5.74) is 6.64. The van der Waals surface area contributed by atoms with Crippen LogP contribution >= 0.6 is 15.9 Å². The van der Waals surface area contributed by atoms with Gasteiger partial charge in [-0.3, -0.25) is 4.79 Å². The lowest BCUT2D eigenvalue weighted by atomic mass is 10.2. The Balaban J connectivity index is 1.21. The van der Waals surface area contributed by atoms with Gasteiger partial charge in [0.1, 0.15) is 25.6 Å². The van der Waals surface area contributed by atoms with Crippen LogP contribution in [0, 0.1) is 0 Å². The molecule has 0 radical (unpaired) electrons. The van der Waals surface area contributed by atoms with Gasteiger partial charge in [-0.25, -0.2) is 5.43 Å². The van der Waals surface area contributed by atoms with Crippen molar-refractivity contribution in [3.8, 4) is 28.7 Å². The maximum absolute atomic E-state index is 12.9. The Kier molecular flexibility index (Phi) is 11.9. The number of hydrogen-bond donors (Lipinski definition) is 1. The number of amides is 1. The molecule has 0 aliphatic heterocycles. The molecule has 0 atom stereocenters. The fraction of sp³-hybridized carbons (Fsp3) is 0.158. The molecule has 0 saturated heterocycles.